The van der Waals surface area contributed by atoms with Crippen molar-refractivity contribution in [2.24, 2.45) is 5.92 Å². The van der Waals surface area contributed by atoms with E-state index >= 15 is 0 Å². The number of hydrogen-bond donors (Lipinski definition) is 1. The zero-order valence-electron chi connectivity index (χ0n) is 17.4. The summed E-state index contributed by atoms with van der Waals surface area (Å²) in [4.78, 5) is 24.1. The summed E-state index contributed by atoms with van der Waals surface area (Å²) in [6, 6.07) is 0.351. The van der Waals surface area contributed by atoms with Crippen LogP contribution in [0.25, 0.3) is 0 Å². The van der Waals surface area contributed by atoms with Gasteiger partial charge in [-0.15, -0.1) is 11.8 Å². The first kappa shape index (κ1) is 20.9. The summed E-state index contributed by atoms with van der Waals surface area (Å²) in [5.74, 6) is 3.01. The Morgan fingerprint density at radius 2 is 2.00 bits per heavy atom. The highest BCUT2D eigenvalue weighted by molar-refractivity contribution is 8.01. The number of aryl methyl sites for hydroxylation is 1. The lowest BCUT2D eigenvalue weighted by molar-refractivity contribution is -0.123. The molecule has 3 heterocycles. The number of carbonyl (C=O) groups excluding carboxylic acids is 1. The number of rotatable bonds is 7. The summed E-state index contributed by atoms with van der Waals surface area (Å²) >= 11 is 3.39. The lowest BCUT2D eigenvalue weighted by Crippen LogP contribution is -2.42. The van der Waals surface area contributed by atoms with Gasteiger partial charge in [-0.05, 0) is 38.8 Å². The van der Waals surface area contributed by atoms with Gasteiger partial charge in [0.1, 0.15) is 5.76 Å². The number of oxazole rings is 1. The van der Waals surface area contributed by atoms with Gasteiger partial charge < -0.3 is 9.73 Å². The minimum absolute atomic E-state index is 0.0157. The summed E-state index contributed by atoms with van der Waals surface area (Å²) in [7, 11) is 0. The molecule has 4 rings (SSSR count). The van der Waals surface area contributed by atoms with Crippen molar-refractivity contribution in [2.45, 2.75) is 68.5 Å². The number of hydrogen-bond acceptors (Lipinski definition) is 7. The van der Waals surface area contributed by atoms with E-state index < -0.39 is 0 Å². The van der Waals surface area contributed by atoms with Crippen molar-refractivity contribution in [1.29, 1.82) is 0 Å². The molecule has 6 nitrogen and oxygen atoms in total. The molecule has 0 aromatic carbocycles. The fraction of sp³-hybridized carbons (Fsp3) is 0.667. The standard InChI is InChI=1S/C21H30N4O2S2/c1-21(2,3)16-12-23-17(27-16)8-11-28-18-13-24-20(29-18)25(15-4-5-15)19(26)14-6-9-22-10-7-14/h12-15,22H,4-11H2,1-3H3. The fourth-order valence-electron chi connectivity index (χ4n) is 3.47. The summed E-state index contributed by atoms with van der Waals surface area (Å²) in [5, 5.41) is 4.21. The number of aromatic nitrogens is 2. The van der Waals surface area contributed by atoms with Crippen LogP contribution in [-0.2, 0) is 16.6 Å². The van der Waals surface area contributed by atoms with Crippen molar-refractivity contribution < 1.29 is 9.21 Å². The molecule has 2 aromatic rings. The third kappa shape index (κ3) is 5.22. The Balaban J connectivity index is 1.34. The van der Waals surface area contributed by atoms with Gasteiger partial charge in [0, 0.05) is 29.5 Å². The van der Waals surface area contributed by atoms with Gasteiger partial charge in [0.05, 0.1) is 16.6 Å². The van der Waals surface area contributed by atoms with Crippen molar-refractivity contribution in [1.82, 2.24) is 15.3 Å². The topological polar surface area (TPSA) is 71.3 Å². The van der Waals surface area contributed by atoms with Gasteiger partial charge in [0.2, 0.25) is 5.91 Å². The Kier molecular flexibility index (Phi) is 6.32. The molecule has 8 heteroatoms. The molecule has 2 aliphatic rings. The van der Waals surface area contributed by atoms with Gasteiger partial charge in [-0.1, -0.05) is 32.1 Å². The number of amides is 1. The van der Waals surface area contributed by atoms with Crippen molar-refractivity contribution in [3.05, 3.63) is 24.0 Å². The molecule has 1 amide bonds. The fourth-order valence-corrected chi connectivity index (χ4v) is 5.51. The van der Waals surface area contributed by atoms with Gasteiger partial charge in [0.25, 0.3) is 0 Å². The normalized spacial score (nSPS) is 18.2. The molecule has 0 bridgehead atoms. The number of thioether (sulfide) groups is 1. The maximum Gasteiger partial charge on any atom is 0.232 e. The first-order chi connectivity index (χ1) is 13.9. The van der Waals surface area contributed by atoms with Crippen molar-refractivity contribution in [3.8, 4) is 0 Å². The van der Waals surface area contributed by atoms with E-state index in [9.17, 15) is 4.79 Å². The van der Waals surface area contributed by atoms with E-state index in [1.54, 1.807) is 23.1 Å². The number of piperidine rings is 1. The largest absolute Gasteiger partial charge is 0.445 e. The van der Waals surface area contributed by atoms with E-state index in [0.29, 0.717) is 6.04 Å². The zero-order chi connectivity index (χ0) is 20.4. The van der Waals surface area contributed by atoms with E-state index in [4.69, 9.17) is 4.42 Å². The Hall–Kier alpha value is -1.38. The summed E-state index contributed by atoms with van der Waals surface area (Å²) in [5.41, 5.74) is -0.0157. The van der Waals surface area contributed by atoms with Crippen LogP contribution in [-0.4, -0.2) is 40.8 Å². The van der Waals surface area contributed by atoms with Crippen LogP contribution in [0.5, 0.6) is 0 Å². The van der Waals surface area contributed by atoms with E-state index in [0.717, 1.165) is 71.9 Å². The summed E-state index contributed by atoms with van der Waals surface area (Å²) in [6.45, 7) is 8.25. The lowest BCUT2D eigenvalue weighted by atomic mass is 9.94. The van der Waals surface area contributed by atoms with Crippen LogP contribution in [0.15, 0.2) is 21.0 Å². The van der Waals surface area contributed by atoms with E-state index in [1.165, 1.54) is 0 Å². The van der Waals surface area contributed by atoms with Crippen LogP contribution in [0, 0.1) is 5.92 Å². The van der Waals surface area contributed by atoms with Crippen LogP contribution in [0.4, 0.5) is 5.13 Å². The second kappa shape index (κ2) is 8.78. The summed E-state index contributed by atoms with van der Waals surface area (Å²) < 4.78 is 7.02. The molecule has 1 aliphatic carbocycles. The smallest absolute Gasteiger partial charge is 0.232 e. The molecule has 1 aliphatic heterocycles. The van der Waals surface area contributed by atoms with Crippen molar-refractivity contribution >= 4 is 34.1 Å². The average Bonchev–Trinajstić information content (AvgIpc) is 3.21. The van der Waals surface area contributed by atoms with Gasteiger partial charge in [-0.3, -0.25) is 9.69 Å². The number of anilines is 1. The molecule has 158 valence electrons. The first-order valence-electron chi connectivity index (χ1n) is 10.5. The Morgan fingerprint density at radius 1 is 1.24 bits per heavy atom. The van der Waals surface area contributed by atoms with Crippen molar-refractivity contribution in [2.75, 3.05) is 23.7 Å². The van der Waals surface area contributed by atoms with Crippen LogP contribution >= 0.6 is 23.1 Å². The predicted molar refractivity (Wildman–Crippen MR) is 118 cm³/mol. The highest BCUT2D eigenvalue weighted by Crippen LogP contribution is 2.38. The van der Waals surface area contributed by atoms with Gasteiger partial charge in [-0.25, -0.2) is 9.97 Å². The van der Waals surface area contributed by atoms with Gasteiger partial charge in [0.15, 0.2) is 11.0 Å². The van der Waals surface area contributed by atoms with E-state index in [2.05, 4.69) is 36.1 Å². The first-order valence-corrected chi connectivity index (χ1v) is 12.3. The Bertz CT molecular complexity index is 832. The quantitative estimate of drug-likeness (QED) is 0.657. The van der Waals surface area contributed by atoms with Gasteiger partial charge in [-0.2, -0.15) is 0 Å². The molecule has 29 heavy (non-hydrogen) atoms. The Labute approximate surface area is 180 Å². The highest BCUT2D eigenvalue weighted by Gasteiger charge is 2.38. The molecule has 2 fully saturated rings. The highest BCUT2D eigenvalue weighted by atomic mass is 32.2. The minimum atomic E-state index is -0.0157. The summed E-state index contributed by atoms with van der Waals surface area (Å²) in [6.07, 6.45) is 8.59. The molecular weight excluding hydrogens is 404 g/mol. The number of carbonyl (C=O) groups is 1. The molecular formula is C21H30N4O2S2. The third-order valence-electron chi connectivity index (χ3n) is 5.37. The molecule has 1 saturated heterocycles. The van der Waals surface area contributed by atoms with Gasteiger partial charge >= 0.3 is 0 Å². The molecule has 1 saturated carbocycles. The Morgan fingerprint density at radius 3 is 2.66 bits per heavy atom. The third-order valence-corrected chi connectivity index (χ3v) is 7.56. The second-order valence-corrected chi connectivity index (χ2v) is 11.3. The second-order valence-electron chi connectivity index (χ2n) is 8.89. The molecule has 0 atom stereocenters. The zero-order valence-corrected chi connectivity index (χ0v) is 19.1. The maximum atomic E-state index is 13.1. The number of nitrogens with zero attached hydrogens (tertiary/aromatic N) is 3. The molecule has 0 unspecified atom stereocenters. The number of thiazole rings is 1. The molecule has 0 spiro atoms. The van der Waals surface area contributed by atoms with E-state index in [-0.39, 0.29) is 17.2 Å². The maximum absolute atomic E-state index is 13.1. The monoisotopic (exact) mass is 434 g/mol. The van der Waals surface area contributed by atoms with Crippen LogP contribution in [0.3, 0.4) is 0 Å². The predicted octanol–water partition coefficient (Wildman–Crippen LogP) is 4.26. The van der Waals surface area contributed by atoms with Crippen LogP contribution in [0.2, 0.25) is 0 Å². The van der Waals surface area contributed by atoms with Crippen molar-refractivity contribution in [3.63, 3.8) is 0 Å². The number of nitrogens with one attached hydrogen (secondary N) is 1. The molecule has 2 aromatic heterocycles. The SMILES string of the molecule is CC(C)(C)c1cnc(CCSc2cnc(N(C(=O)C3CCNCC3)C3CC3)s2)o1. The minimum Gasteiger partial charge on any atom is -0.445 e. The molecule has 0 radical (unpaired) electrons. The van der Waals surface area contributed by atoms with Crippen LogP contribution < -0.4 is 10.2 Å². The molecule has 1 N–H and O–H groups in total. The van der Waals surface area contributed by atoms with Crippen LogP contribution in [0.1, 0.15) is 58.1 Å². The van der Waals surface area contributed by atoms with E-state index in [1.807, 2.05) is 17.3 Å². The average molecular weight is 435 g/mol. The lowest BCUT2D eigenvalue weighted by Gasteiger charge is -2.28.